The molecule has 2 heteroatoms. The minimum Gasteiger partial charge on any atom is -0.399 e. The van der Waals surface area contributed by atoms with E-state index in [0.717, 1.165) is 24.2 Å². The molecular weight excluding hydrogens is 544 g/mol. The van der Waals surface area contributed by atoms with Crippen LogP contribution in [0, 0.1) is 0 Å². The van der Waals surface area contributed by atoms with Crippen LogP contribution in [0.15, 0.2) is 84.9 Å². The Balaban J connectivity index is 1.16. The first kappa shape index (κ1) is 34.4. The van der Waals surface area contributed by atoms with E-state index in [0.29, 0.717) is 0 Å². The lowest BCUT2D eigenvalue weighted by atomic mass is 9.93. The fourth-order valence-electron chi connectivity index (χ4n) is 6.52. The van der Waals surface area contributed by atoms with Gasteiger partial charge in [-0.1, -0.05) is 119 Å². The lowest BCUT2D eigenvalue weighted by molar-refractivity contribution is 0.577. The van der Waals surface area contributed by atoms with Crippen LogP contribution in [-0.4, -0.2) is 0 Å². The summed E-state index contributed by atoms with van der Waals surface area (Å²) in [5.74, 6) is 0. The number of nitrogens with two attached hydrogens (primary N) is 2. The summed E-state index contributed by atoms with van der Waals surface area (Å²) in [5.41, 5.74) is 25.2. The van der Waals surface area contributed by atoms with Crippen molar-refractivity contribution in [1.82, 2.24) is 0 Å². The average Bonchev–Trinajstić information content (AvgIpc) is 3.05. The SMILES string of the molecule is CCCCc1cc(Cc2ccc(N)cc2)ccc1CCCCCCCCCc1ccc(Cc2ccc(N)cc2)cc1CCCC. The standard InChI is InChI=1S/C43H58N2/c1-3-5-14-40-32-36(30-34-20-26-42(44)27-21-34)18-24-38(40)16-12-10-8-7-9-11-13-17-39-25-19-37(33-41(39)15-6-4-2)31-35-22-28-43(45)29-23-35/h18-29,32-33H,3-17,30-31,44-45H2,1-2H3. The van der Waals surface area contributed by atoms with Crippen LogP contribution in [0.4, 0.5) is 11.4 Å². The molecule has 45 heavy (non-hydrogen) atoms. The van der Waals surface area contributed by atoms with Crippen molar-refractivity contribution in [2.75, 3.05) is 11.5 Å². The van der Waals surface area contributed by atoms with Crippen molar-refractivity contribution in [2.24, 2.45) is 0 Å². The van der Waals surface area contributed by atoms with E-state index in [2.05, 4.69) is 74.5 Å². The van der Waals surface area contributed by atoms with Crippen LogP contribution in [0.2, 0.25) is 0 Å². The first-order valence-corrected chi connectivity index (χ1v) is 17.9. The number of benzene rings is 4. The smallest absolute Gasteiger partial charge is 0.0314 e. The van der Waals surface area contributed by atoms with Gasteiger partial charge in [0.25, 0.3) is 0 Å². The van der Waals surface area contributed by atoms with E-state index in [1.54, 1.807) is 22.3 Å². The second-order valence-electron chi connectivity index (χ2n) is 13.2. The highest BCUT2D eigenvalue weighted by atomic mass is 14.5. The largest absolute Gasteiger partial charge is 0.399 e. The van der Waals surface area contributed by atoms with Gasteiger partial charge >= 0.3 is 0 Å². The molecule has 0 unspecified atom stereocenters. The number of hydrogen-bond donors (Lipinski definition) is 2. The highest BCUT2D eigenvalue weighted by molar-refractivity contribution is 5.43. The number of nitrogen functional groups attached to an aromatic ring is 2. The van der Waals surface area contributed by atoms with E-state index in [4.69, 9.17) is 11.5 Å². The first-order chi connectivity index (χ1) is 22.0. The molecule has 2 nitrogen and oxygen atoms in total. The molecule has 4 rings (SSSR count). The molecule has 0 heterocycles. The van der Waals surface area contributed by atoms with E-state index in [9.17, 15) is 0 Å². The first-order valence-electron chi connectivity index (χ1n) is 17.9. The second-order valence-corrected chi connectivity index (χ2v) is 13.2. The van der Waals surface area contributed by atoms with Gasteiger partial charge < -0.3 is 11.5 Å². The molecule has 0 radical (unpaired) electrons. The third kappa shape index (κ3) is 12.1. The van der Waals surface area contributed by atoms with Gasteiger partial charge in [0.2, 0.25) is 0 Å². The summed E-state index contributed by atoms with van der Waals surface area (Å²) in [7, 11) is 0. The third-order valence-corrected chi connectivity index (χ3v) is 9.31. The number of anilines is 2. The molecule has 240 valence electrons. The lowest BCUT2D eigenvalue weighted by Crippen LogP contribution is -1.99. The van der Waals surface area contributed by atoms with Crippen LogP contribution < -0.4 is 11.5 Å². The van der Waals surface area contributed by atoms with E-state index >= 15 is 0 Å². The Kier molecular flexibility index (Phi) is 14.6. The van der Waals surface area contributed by atoms with E-state index < -0.39 is 0 Å². The Morgan fingerprint density at radius 3 is 1.07 bits per heavy atom. The Bertz CT molecular complexity index is 1290. The van der Waals surface area contributed by atoms with Crippen molar-refractivity contribution in [3.8, 4) is 0 Å². The summed E-state index contributed by atoms with van der Waals surface area (Å²) < 4.78 is 0. The van der Waals surface area contributed by atoms with Crippen molar-refractivity contribution < 1.29 is 0 Å². The monoisotopic (exact) mass is 602 g/mol. The summed E-state index contributed by atoms with van der Waals surface area (Å²) in [6, 6.07) is 31.1. The van der Waals surface area contributed by atoms with Crippen molar-refractivity contribution in [1.29, 1.82) is 0 Å². The summed E-state index contributed by atoms with van der Waals surface area (Å²) in [6.45, 7) is 4.59. The Morgan fingerprint density at radius 2 is 0.689 bits per heavy atom. The Morgan fingerprint density at radius 1 is 0.356 bits per heavy atom. The normalized spacial score (nSPS) is 11.2. The average molecular weight is 603 g/mol. The number of rotatable bonds is 20. The number of unbranched alkanes of at least 4 members (excludes halogenated alkanes) is 8. The zero-order chi connectivity index (χ0) is 31.7. The Hall–Kier alpha value is -3.52. The summed E-state index contributed by atoms with van der Waals surface area (Å²) in [4.78, 5) is 0. The fourth-order valence-corrected chi connectivity index (χ4v) is 6.52. The van der Waals surface area contributed by atoms with Crippen molar-refractivity contribution in [3.63, 3.8) is 0 Å². The molecule has 0 bridgehead atoms. The molecule has 0 amide bonds. The summed E-state index contributed by atoms with van der Waals surface area (Å²) >= 11 is 0. The van der Waals surface area contributed by atoms with E-state index in [1.807, 2.05) is 24.3 Å². The molecule has 0 aliphatic heterocycles. The highest BCUT2D eigenvalue weighted by Gasteiger charge is 2.08. The van der Waals surface area contributed by atoms with E-state index in [1.165, 1.54) is 119 Å². The van der Waals surface area contributed by atoms with E-state index in [-0.39, 0.29) is 0 Å². The molecule has 0 saturated carbocycles. The second kappa shape index (κ2) is 19.1. The van der Waals surface area contributed by atoms with Gasteiger partial charge in [0.1, 0.15) is 0 Å². The van der Waals surface area contributed by atoms with Gasteiger partial charge in [0.15, 0.2) is 0 Å². The predicted octanol–water partition coefficient (Wildman–Crippen LogP) is 11.2. The third-order valence-electron chi connectivity index (χ3n) is 9.31. The van der Waals surface area contributed by atoms with Gasteiger partial charge in [-0.05, 0) is 133 Å². The molecule has 0 aromatic heterocycles. The van der Waals surface area contributed by atoms with Crippen molar-refractivity contribution >= 4 is 11.4 Å². The molecule has 0 aliphatic carbocycles. The van der Waals surface area contributed by atoms with Crippen molar-refractivity contribution in [3.05, 3.63) is 129 Å². The van der Waals surface area contributed by atoms with Gasteiger partial charge in [-0.15, -0.1) is 0 Å². The van der Waals surface area contributed by atoms with Gasteiger partial charge in [0, 0.05) is 11.4 Å². The maximum Gasteiger partial charge on any atom is 0.0314 e. The van der Waals surface area contributed by atoms with Crippen LogP contribution >= 0.6 is 0 Å². The number of hydrogen-bond acceptors (Lipinski definition) is 2. The van der Waals surface area contributed by atoms with Crippen LogP contribution in [0.5, 0.6) is 0 Å². The zero-order valence-corrected chi connectivity index (χ0v) is 28.3. The van der Waals surface area contributed by atoms with Crippen molar-refractivity contribution in [2.45, 2.75) is 123 Å². The van der Waals surface area contributed by atoms with Crippen LogP contribution in [0.25, 0.3) is 0 Å². The molecule has 0 spiro atoms. The quantitative estimate of drug-likeness (QED) is 0.0781. The van der Waals surface area contributed by atoms with Gasteiger partial charge in [-0.2, -0.15) is 0 Å². The minimum absolute atomic E-state index is 0.835. The number of aryl methyl sites for hydroxylation is 4. The zero-order valence-electron chi connectivity index (χ0n) is 28.3. The summed E-state index contributed by atoms with van der Waals surface area (Å²) in [6.07, 6.45) is 21.2. The van der Waals surface area contributed by atoms with Crippen LogP contribution in [0.1, 0.15) is 129 Å². The lowest BCUT2D eigenvalue weighted by Gasteiger charge is -2.13. The molecule has 4 aromatic carbocycles. The molecular formula is C43H58N2. The minimum atomic E-state index is 0.835. The van der Waals surface area contributed by atoms with Crippen LogP contribution in [0.3, 0.4) is 0 Å². The molecule has 0 aliphatic rings. The topological polar surface area (TPSA) is 52.0 Å². The molecule has 0 fully saturated rings. The molecule has 4 N–H and O–H groups in total. The fraction of sp³-hybridized carbons (Fsp3) is 0.442. The summed E-state index contributed by atoms with van der Waals surface area (Å²) in [5, 5.41) is 0. The van der Waals surface area contributed by atoms with Crippen LogP contribution in [-0.2, 0) is 38.5 Å². The van der Waals surface area contributed by atoms with Gasteiger partial charge in [0.05, 0.1) is 0 Å². The maximum absolute atomic E-state index is 5.88. The molecule has 0 saturated heterocycles. The Labute approximate surface area is 274 Å². The van der Waals surface area contributed by atoms with Gasteiger partial charge in [-0.3, -0.25) is 0 Å². The molecule has 4 aromatic rings. The maximum atomic E-state index is 5.88. The highest BCUT2D eigenvalue weighted by Crippen LogP contribution is 2.23. The molecule has 0 atom stereocenters. The van der Waals surface area contributed by atoms with Gasteiger partial charge in [-0.25, -0.2) is 0 Å². The predicted molar refractivity (Wildman–Crippen MR) is 197 cm³/mol.